The van der Waals surface area contributed by atoms with Crippen LogP contribution in [0.25, 0.3) is 22.5 Å². The second-order valence-electron chi connectivity index (χ2n) is 17.7. The molecular weight excluding hydrogens is 1190 g/mol. The largest absolute Gasteiger partial charge is 0.505 e. The molecule has 0 aliphatic carbocycles. The number of benzene rings is 4. The number of halogens is 7. The summed E-state index contributed by atoms with van der Waals surface area (Å²) in [5.74, 6) is -0.208. The van der Waals surface area contributed by atoms with Gasteiger partial charge in [0.05, 0.1) is 48.4 Å². The molecule has 2 aliphatic rings. The molecule has 19 heteroatoms. The summed E-state index contributed by atoms with van der Waals surface area (Å²) in [5.41, 5.74) is 9.63. The molecule has 3 N–H and O–H groups in total. The smallest absolute Gasteiger partial charge is 0.369 e. The molecule has 8 rings (SSSR count). The summed E-state index contributed by atoms with van der Waals surface area (Å²) < 4.78 is 4.25. The Morgan fingerprint density at radius 3 is 1.36 bits per heavy atom. The fourth-order valence-electron chi connectivity index (χ4n) is 9.38. The standard InChI is InChI=1S/C27H32Cl2N4O.C26H30Cl2N4O2.BBr3/c1-19-24(20(2)31(3)26(19)21-9-5-4-6-10-21)27(34)30-13-8-14-32-15-17-33(18-16-32)23-12-7-11-22(28)25(23)29;1-18-22(25(33)24(30(18)2)19-8-4-3-5-9-19)26(34)29-12-7-13-31-14-16-32(17-15-31)21-11-6-10-20(27)23(21)28;2-1(3)4/h4-7,9-12H,8,13-18H2,1-3H3,(H,30,34);3-6,8-11,33H,7,12-17H2,1-2H3,(H,29,34);. The molecule has 4 aromatic carbocycles. The summed E-state index contributed by atoms with van der Waals surface area (Å²) in [7, 11) is 3.89. The Morgan fingerprint density at radius 1 is 0.556 bits per heavy atom. The predicted molar refractivity (Wildman–Crippen MR) is 314 cm³/mol. The van der Waals surface area contributed by atoms with Gasteiger partial charge >= 0.3 is 3.18 Å². The Morgan fingerprint density at radius 2 is 0.931 bits per heavy atom. The van der Waals surface area contributed by atoms with Gasteiger partial charge in [-0.25, -0.2) is 0 Å². The van der Waals surface area contributed by atoms with Crippen LogP contribution in [-0.4, -0.2) is 118 Å². The van der Waals surface area contributed by atoms with Crippen LogP contribution in [0.15, 0.2) is 97.1 Å². The van der Waals surface area contributed by atoms with Gasteiger partial charge < -0.3 is 34.7 Å². The summed E-state index contributed by atoms with van der Waals surface area (Å²) in [6, 6.07) is 31.4. The second kappa shape index (κ2) is 27.8. The lowest BCUT2D eigenvalue weighted by Gasteiger charge is -2.36. The molecule has 2 aliphatic heterocycles. The molecule has 6 aromatic rings. The van der Waals surface area contributed by atoms with Gasteiger partial charge in [0.25, 0.3) is 11.8 Å². The van der Waals surface area contributed by atoms with Crippen LogP contribution in [0.2, 0.25) is 20.1 Å². The summed E-state index contributed by atoms with van der Waals surface area (Å²) in [6.45, 7) is 16.3. The highest BCUT2D eigenvalue weighted by molar-refractivity contribution is 9.69. The summed E-state index contributed by atoms with van der Waals surface area (Å²) in [4.78, 5) is 35.3. The number of aromatic nitrogens is 2. The van der Waals surface area contributed by atoms with E-state index in [1.54, 1.807) is 6.07 Å². The molecule has 72 heavy (non-hydrogen) atoms. The number of anilines is 2. The van der Waals surface area contributed by atoms with E-state index in [0.29, 0.717) is 44.4 Å². The van der Waals surface area contributed by atoms with Gasteiger partial charge in [-0.2, -0.15) is 0 Å². The maximum Gasteiger partial charge on any atom is 0.369 e. The van der Waals surface area contributed by atoms with E-state index in [-0.39, 0.29) is 20.7 Å². The highest BCUT2D eigenvalue weighted by atomic mass is 79.9. The zero-order valence-electron chi connectivity index (χ0n) is 41.3. The van der Waals surface area contributed by atoms with Crippen molar-refractivity contribution in [2.24, 2.45) is 14.1 Å². The van der Waals surface area contributed by atoms with Crippen molar-refractivity contribution in [2.75, 3.05) is 88.3 Å². The molecular formula is C53H62BBr3Cl4N8O3. The Hall–Kier alpha value is -3.64. The van der Waals surface area contributed by atoms with Crippen LogP contribution in [0.4, 0.5) is 11.4 Å². The van der Waals surface area contributed by atoms with Gasteiger partial charge in [0.15, 0.2) is 5.75 Å². The quantitative estimate of drug-likeness (QED) is 0.0738. The lowest BCUT2D eigenvalue weighted by molar-refractivity contribution is 0.0940. The first-order valence-electron chi connectivity index (χ1n) is 24.0. The van der Waals surface area contributed by atoms with Crippen LogP contribution in [0.5, 0.6) is 5.75 Å². The van der Waals surface area contributed by atoms with Crippen LogP contribution < -0.4 is 20.4 Å². The first kappa shape index (κ1) is 57.6. The summed E-state index contributed by atoms with van der Waals surface area (Å²) >= 11 is 34.4. The number of carbonyl (C=O) groups is 2. The van der Waals surface area contributed by atoms with Gasteiger partial charge in [-0.15, -0.1) is 47.3 Å². The van der Waals surface area contributed by atoms with E-state index >= 15 is 0 Å². The fourth-order valence-corrected chi connectivity index (χ4v) is 10.2. The number of hydrogen-bond acceptors (Lipinski definition) is 7. The minimum Gasteiger partial charge on any atom is -0.505 e. The third-order valence-electron chi connectivity index (χ3n) is 13.3. The molecule has 0 radical (unpaired) electrons. The number of hydrogen-bond donors (Lipinski definition) is 3. The average molecular weight is 1250 g/mol. The van der Waals surface area contributed by atoms with E-state index in [4.69, 9.17) is 46.4 Å². The lowest BCUT2D eigenvalue weighted by Crippen LogP contribution is -2.47. The van der Waals surface area contributed by atoms with E-state index in [2.05, 4.69) is 94.2 Å². The molecule has 0 spiro atoms. The molecule has 384 valence electrons. The van der Waals surface area contributed by atoms with Crippen molar-refractivity contribution in [1.82, 2.24) is 29.6 Å². The zero-order chi connectivity index (χ0) is 52.1. The molecule has 2 aromatic heterocycles. The summed E-state index contributed by atoms with van der Waals surface area (Å²) in [5, 5.41) is 19.3. The van der Waals surface area contributed by atoms with E-state index < -0.39 is 0 Å². The maximum atomic E-state index is 13.0. The van der Waals surface area contributed by atoms with Crippen LogP contribution in [0, 0.1) is 20.8 Å². The topological polar surface area (TPSA) is 101 Å². The average Bonchev–Trinajstić information content (AvgIpc) is 3.74. The highest BCUT2D eigenvalue weighted by Crippen LogP contribution is 2.37. The Balaban J connectivity index is 0.000000219. The van der Waals surface area contributed by atoms with Gasteiger partial charge in [-0.1, -0.05) is 119 Å². The molecule has 0 atom stereocenters. The van der Waals surface area contributed by atoms with Crippen molar-refractivity contribution in [3.05, 3.63) is 145 Å². The fraction of sp³-hybridized carbons (Fsp3) is 0.358. The van der Waals surface area contributed by atoms with Crippen molar-refractivity contribution in [3.63, 3.8) is 0 Å². The first-order valence-corrected chi connectivity index (χ1v) is 28.2. The Kier molecular flexibility index (Phi) is 22.2. The predicted octanol–water partition coefficient (Wildman–Crippen LogP) is 12.7. The monoisotopic (exact) mass is 1250 g/mol. The van der Waals surface area contributed by atoms with Gasteiger partial charge in [-0.05, 0) is 82.1 Å². The molecule has 0 saturated carbocycles. The lowest BCUT2D eigenvalue weighted by atomic mass is 10.0. The van der Waals surface area contributed by atoms with E-state index in [1.807, 2.05) is 118 Å². The van der Waals surface area contributed by atoms with E-state index in [1.165, 1.54) is 0 Å². The summed E-state index contributed by atoms with van der Waals surface area (Å²) in [6.07, 6.45) is 1.75. The third kappa shape index (κ3) is 14.8. The number of carbonyl (C=O) groups excluding carboxylic acids is 2. The van der Waals surface area contributed by atoms with E-state index in [0.717, 1.165) is 129 Å². The van der Waals surface area contributed by atoms with Crippen molar-refractivity contribution < 1.29 is 14.7 Å². The Bertz CT molecular complexity index is 2560. The van der Waals surface area contributed by atoms with E-state index in [9.17, 15) is 14.7 Å². The highest BCUT2D eigenvalue weighted by Gasteiger charge is 2.26. The molecule has 2 fully saturated rings. The van der Waals surface area contributed by atoms with Crippen molar-refractivity contribution in [2.45, 2.75) is 33.6 Å². The van der Waals surface area contributed by atoms with Crippen LogP contribution in [-0.2, 0) is 14.1 Å². The van der Waals surface area contributed by atoms with Crippen molar-refractivity contribution in [1.29, 1.82) is 0 Å². The maximum absolute atomic E-state index is 13.0. The van der Waals surface area contributed by atoms with Gasteiger partial charge in [0.2, 0.25) is 0 Å². The number of nitrogens with zero attached hydrogens (tertiary/aromatic N) is 6. The first-order chi connectivity index (χ1) is 34.5. The molecule has 0 bridgehead atoms. The number of piperazine rings is 2. The SMILES string of the molecule is BrB(Br)Br.Cc1c(C(=O)NCCCN2CCN(c3cccc(Cl)c3Cl)CC2)c(C)n(C)c1-c1ccccc1.Cc1c(C(=O)NCCCN2CCN(c3cccc(Cl)c3Cl)CC2)c(O)c(-c2ccccc2)n1C. The number of aromatic hydroxyl groups is 1. The molecule has 2 saturated heterocycles. The van der Waals surface area contributed by atoms with Gasteiger partial charge in [0, 0.05) is 96.5 Å². The van der Waals surface area contributed by atoms with Crippen molar-refractivity contribution in [3.8, 4) is 28.3 Å². The van der Waals surface area contributed by atoms with Crippen LogP contribution >= 0.6 is 93.7 Å². The van der Waals surface area contributed by atoms with Gasteiger partial charge in [0.1, 0.15) is 5.56 Å². The Labute approximate surface area is 470 Å². The normalized spacial score (nSPS) is 14.0. The molecule has 2 amide bonds. The number of amides is 2. The molecule has 11 nitrogen and oxygen atoms in total. The van der Waals surface area contributed by atoms with Crippen molar-refractivity contribution >= 4 is 120 Å². The van der Waals surface area contributed by atoms with Crippen LogP contribution in [0.3, 0.4) is 0 Å². The van der Waals surface area contributed by atoms with Gasteiger partial charge in [-0.3, -0.25) is 19.4 Å². The minimum atomic E-state index is -0.242. The number of nitrogens with one attached hydrogen (secondary N) is 2. The minimum absolute atomic E-state index is 0.00759. The third-order valence-corrected chi connectivity index (χ3v) is 14.9. The molecule has 4 heterocycles. The number of rotatable bonds is 14. The van der Waals surface area contributed by atoms with Crippen LogP contribution in [0.1, 0.15) is 50.5 Å². The second-order valence-corrected chi connectivity index (χ2v) is 25.7. The zero-order valence-corrected chi connectivity index (χ0v) is 49.1. The molecule has 0 unspecified atom stereocenters.